The van der Waals surface area contributed by atoms with E-state index in [4.69, 9.17) is 0 Å². The molecule has 170 valence electrons. The summed E-state index contributed by atoms with van der Waals surface area (Å²) in [7, 11) is -3.48. The molecule has 0 radical (unpaired) electrons. The minimum atomic E-state index is -3.48. The van der Waals surface area contributed by atoms with E-state index in [9.17, 15) is 18.3 Å². The van der Waals surface area contributed by atoms with Crippen molar-refractivity contribution in [3.05, 3.63) is 95.4 Å². The fourth-order valence-corrected chi connectivity index (χ4v) is 4.76. The molecule has 33 heavy (non-hydrogen) atoms. The van der Waals surface area contributed by atoms with Gasteiger partial charge in [-0.3, -0.25) is 4.79 Å². The van der Waals surface area contributed by atoms with Crippen LogP contribution in [0.25, 0.3) is 6.08 Å². The monoisotopic (exact) mass is 463 g/mol. The molecule has 1 aliphatic heterocycles. The highest BCUT2D eigenvalue weighted by atomic mass is 32.2. The zero-order chi connectivity index (χ0) is 23.3. The number of rotatable bonds is 6. The van der Waals surface area contributed by atoms with Gasteiger partial charge < -0.3 is 15.3 Å². The van der Waals surface area contributed by atoms with Crippen LogP contribution in [0.3, 0.4) is 0 Å². The summed E-state index contributed by atoms with van der Waals surface area (Å²) in [4.78, 5) is 14.5. The first-order valence-corrected chi connectivity index (χ1v) is 12.1. The maximum Gasteiger partial charge on any atom is 0.255 e. The Balaban J connectivity index is 1.33. The largest absolute Gasteiger partial charge is 0.508 e. The number of amides is 1. The topological polar surface area (TPSA) is 89.9 Å². The van der Waals surface area contributed by atoms with Gasteiger partial charge in [-0.05, 0) is 60.2 Å². The highest BCUT2D eigenvalue weighted by Gasteiger charge is 2.25. The van der Waals surface area contributed by atoms with Gasteiger partial charge in [0.05, 0.1) is 0 Å². The molecule has 1 heterocycles. The van der Waals surface area contributed by atoms with Gasteiger partial charge in [-0.1, -0.05) is 30.3 Å². The lowest BCUT2D eigenvalue weighted by molar-refractivity contribution is 0.102. The predicted octanol–water partition coefficient (Wildman–Crippen LogP) is 3.77. The second kappa shape index (κ2) is 9.89. The molecule has 1 aliphatic rings. The minimum Gasteiger partial charge on any atom is -0.508 e. The molecule has 2 N–H and O–H groups in total. The molecule has 1 saturated heterocycles. The summed E-state index contributed by atoms with van der Waals surface area (Å²) in [6, 6.07) is 22.8. The highest BCUT2D eigenvalue weighted by Crippen LogP contribution is 2.20. The van der Waals surface area contributed by atoms with Crippen LogP contribution in [0.4, 0.5) is 11.4 Å². The Morgan fingerprint density at radius 2 is 1.48 bits per heavy atom. The third-order valence-corrected chi connectivity index (χ3v) is 7.02. The number of nitrogens with one attached hydrogen (secondary N) is 1. The van der Waals surface area contributed by atoms with Gasteiger partial charge in [0.25, 0.3) is 5.91 Å². The second-order valence-corrected chi connectivity index (χ2v) is 9.51. The Kier molecular flexibility index (Phi) is 6.76. The minimum absolute atomic E-state index is 0.137. The highest BCUT2D eigenvalue weighted by molar-refractivity contribution is 7.92. The van der Waals surface area contributed by atoms with Gasteiger partial charge in [0, 0.05) is 48.5 Å². The number of aromatic hydroxyl groups is 1. The van der Waals surface area contributed by atoms with Crippen molar-refractivity contribution >= 4 is 33.4 Å². The molecule has 0 bridgehead atoms. The molecule has 0 unspecified atom stereocenters. The number of carbonyl (C=O) groups excluding carboxylic acids is 1. The Morgan fingerprint density at radius 1 is 0.848 bits per heavy atom. The maximum absolute atomic E-state index is 12.7. The van der Waals surface area contributed by atoms with Crippen molar-refractivity contribution in [2.75, 3.05) is 36.4 Å². The van der Waals surface area contributed by atoms with Crippen LogP contribution in [0.5, 0.6) is 5.75 Å². The van der Waals surface area contributed by atoms with E-state index in [-0.39, 0.29) is 11.7 Å². The molecule has 3 aromatic carbocycles. The van der Waals surface area contributed by atoms with Crippen LogP contribution in [-0.4, -0.2) is 49.9 Å². The SMILES string of the molecule is O=C(Nc1ccc(O)cc1)c1ccc(N2CCN(S(=O)(=O)/C=C/c3ccccc3)CC2)cc1. The number of phenolic OH excluding ortho intramolecular Hbond substituents is 1. The first-order chi connectivity index (χ1) is 15.9. The number of sulfonamides is 1. The van der Waals surface area contributed by atoms with Gasteiger partial charge in [-0.25, -0.2) is 8.42 Å². The quantitative estimate of drug-likeness (QED) is 0.543. The average Bonchev–Trinajstić information content (AvgIpc) is 2.85. The summed E-state index contributed by atoms with van der Waals surface area (Å²) in [6.07, 6.45) is 1.61. The standard InChI is InChI=1S/C25H25N3O4S/c29-24-12-8-22(9-13-24)26-25(30)21-6-10-23(11-7-21)27-15-17-28(18-16-27)33(31,32)19-14-20-4-2-1-3-5-20/h1-14,19,29H,15-18H2,(H,26,30)/b19-14+. The predicted molar refractivity (Wildman–Crippen MR) is 131 cm³/mol. The lowest BCUT2D eigenvalue weighted by Crippen LogP contribution is -2.48. The van der Waals surface area contributed by atoms with Crippen LogP contribution in [0.1, 0.15) is 15.9 Å². The van der Waals surface area contributed by atoms with E-state index in [1.165, 1.54) is 21.8 Å². The van der Waals surface area contributed by atoms with Gasteiger partial charge in [0.2, 0.25) is 10.0 Å². The fraction of sp³-hybridized carbons (Fsp3) is 0.160. The van der Waals surface area contributed by atoms with Crippen molar-refractivity contribution < 1.29 is 18.3 Å². The van der Waals surface area contributed by atoms with E-state index in [1.807, 2.05) is 42.5 Å². The van der Waals surface area contributed by atoms with Crippen LogP contribution in [0.2, 0.25) is 0 Å². The van der Waals surface area contributed by atoms with Gasteiger partial charge in [0.1, 0.15) is 5.75 Å². The summed E-state index contributed by atoms with van der Waals surface area (Å²) in [5.74, 6) is -0.106. The molecule has 7 nitrogen and oxygen atoms in total. The smallest absolute Gasteiger partial charge is 0.255 e. The zero-order valence-electron chi connectivity index (χ0n) is 18.0. The molecule has 0 aromatic heterocycles. The number of hydrogen-bond acceptors (Lipinski definition) is 5. The van der Waals surface area contributed by atoms with Crippen LogP contribution in [0.15, 0.2) is 84.3 Å². The number of nitrogens with zero attached hydrogens (tertiary/aromatic N) is 2. The molecule has 4 rings (SSSR count). The molecule has 1 fully saturated rings. The van der Waals surface area contributed by atoms with E-state index in [0.29, 0.717) is 37.4 Å². The summed E-state index contributed by atoms with van der Waals surface area (Å²) >= 11 is 0. The Hall–Kier alpha value is -3.62. The van der Waals surface area contributed by atoms with Crippen LogP contribution in [-0.2, 0) is 10.0 Å². The number of carbonyl (C=O) groups is 1. The van der Waals surface area contributed by atoms with Crippen LogP contribution in [0, 0.1) is 0 Å². The van der Waals surface area contributed by atoms with Crippen molar-refractivity contribution in [2.24, 2.45) is 0 Å². The third kappa shape index (κ3) is 5.79. The van der Waals surface area contributed by atoms with E-state index in [1.54, 1.807) is 30.3 Å². The molecular weight excluding hydrogens is 438 g/mol. The zero-order valence-corrected chi connectivity index (χ0v) is 18.8. The molecule has 0 saturated carbocycles. The van der Waals surface area contributed by atoms with Crippen molar-refractivity contribution in [3.8, 4) is 5.75 Å². The van der Waals surface area contributed by atoms with Crippen LogP contribution < -0.4 is 10.2 Å². The maximum atomic E-state index is 12.7. The number of benzene rings is 3. The number of phenols is 1. The summed E-state index contributed by atoms with van der Waals surface area (Å²) < 4.78 is 26.8. The van der Waals surface area contributed by atoms with E-state index in [0.717, 1.165) is 11.3 Å². The van der Waals surface area contributed by atoms with Gasteiger partial charge >= 0.3 is 0 Å². The number of anilines is 2. The molecular formula is C25H25N3O4S. The second-order valence-electron chi connectivity index (χ2n) is 7.69. The Bertz CT molecular complexity index is 1220. The normalized spacial score (nSPS) is 15.0. The van der Waals surface area contributed by atoms with Gasteiger partial charge in [-0.2, -0.15) is 4.31 Å². The molecule has 8 heteroatoms. The molecule has 3 aromatic rings. The van der Waals surface area contributed by atoms with Crippen LogP contribution >= 0.6 is 0 Å². The number of piperazine rings is 1. The molecule has 1 amide bonds. The molecule has 0 spiro atoms. The summed E-state index contributed by atoms with van der Waals surface area (Å²) in [5.41, 5.74) is 2.89. The summed E-state index contributed by atoms with van der Waals surface area (Å²) in [6.45, 7) is 1.92. The summed E-state index contributed by atoms with van der Waals surface area (Å²) in [5, 5.41) is 13.4. The van der Waals surface area contributed by atoms with Gasteiger partial charge in [-0.15, -0.1) is 0 Å². The van der Waals surface area contributed by atoms with Crippen molar-refractivity contribution in [1.82, 2.24) is 4.31 Å². The molecule has 0 aliphatic carbocycles. The fourth-order valence-electron chi connectivity index (χ4n) is 3.59. The van der Waals surface area contributed by atoms with E-state index >= 15 is 0 Å². The average molecular weight is 464 g/mol. The van der Waals surface area contributed by atoms with Crippen molar-refractivity contribution in [1.29, 1.82) is 0 Å². The van der Waals surface area contributed by atoms with E-state index < -0.39 is 10.0 Å². The molecule has 0 atom stereocenters. The van der Waals surface area contributed by atoms with Crippen molar-refractivity contribution in [2.45, 2.75) is 0 Å². The third-order valence-electron chi connectivity index (χ3n) is 5.45. The van der Waals surface area contributed by atoms with Gasteiger partial charge in [0.15, 0.2) is 0 Å². The lowest BCUT2D eigenvalue weighted by atomic mass is 10.1. The first kappa shape index (κ1) is 22.6. The van der Waals surface area contributed by atoms with E-state index in [2.05, 4.69) is 10.2 Å². The Morgan fingerprint density at radius 3 is 2.12 bits per heavy atom. The van der Waals surface area contributed by atoms with Crippen molar-refractivity contribution in [3.63, 3.8) is 0 Å². The first-order valence-electron chi connectivity index (χ1n) is 10.6. The lowest BCUT2D eigenvalue weighted by Gasteiger charge is -2.34. The number of hydrogen-bond donors (Lipinski definition) is 2. The Labute approximate surface area is 193 Å².